The molecule has 11 nitrogen and oxygen atoms in total. The van der Waals surface area contributed by atoms with Crippen molar-refractivity contribution < 1.29 is 46.7 Å². The fraction of sp³-hybridized carbons (Fsp3) is 0.750. The Kier molecular flexibility index (Phi) is 36.7. The molecule has 0 bridgehead atoms. The number of carbonyl (C=O) groups excluding carboxylic acids is 2. The first kappa shape index (κ1) is 61.2. The van der Waals surface area contributed by atoms with E-state index in [9.17, 15) is 14.2 Å². The first-order chi connectivity index (χ1) is 33.0. The molecule has 390 valence electrons. The number of phosphoric acid groups is 1. The summed E-state index contributed by atoms with van der Waals surface area (Å²) in [4.78, 5) is 26.3. The average molecular weight is 974 g/mol. The minimum Gasteiger partial charge on any atom is -0.459 e. The zero-order valence-electron chi connectivity index (χ0n) is 43.5. The highest BCUT2D eigenvalue weighted by Gasteiger charge is 2.35. The molecule has 1 amide bonds. The van der Waals surface area contributed by atoms with Gasteiger partial charge in [-0.25, -0.2) is 14.2 Å². The summed E-state index contributed by atoms with van der Waals surface area (Å²) in [5.41, 5.74) is -0.0834. The van der Waals surface area contributed by atoms with Crippen molar-refractivity contribution in [2.24, 2.45) is 0 Å². The number of para-hydroxylation sites is 1. The van der Waals surface area contributed by atoms with E-state index in [4.69, 9.17) is 32.5 Å². The molecule has 2 aromatic carbocycles. The number of hydrogen-bond acceptors (Lipinski definition) is 10. The maximum Gasteiger partial charge on any atom is 0.530 e. The van der Waals surface area contributed by atoms with Gasteiger partial charge < -0.3 is 28.8 Å². The molecule has 0 saturated carbocycles. The van der Waals surface area contributed by atoms with Crippen molar-refractivity contribution in [1.29, 1.82) is 0 Å². The molecule has 0 heterocycles. The number of ether oxygens (including phenoxy) is 4. The van der Waals surface area contributed by atoms with E-state index in [0.29, 0.717) is 13.2 Å². The molecule has 0 fully saturated rings. The number of hydrogen-bond donors (Lipinski definition) is 1. The summed E-state index contributed by atoms with van der Waals surface area (Å²) >= 11 is 0. The number of unbranched alkanes of at least 4 members (excludes halogenated alkanes) is 26. The van der Waals surface area contributed by atoms with E-state index < -0.39 is 44.2 Å². The largest absolute Gasteiger partial charge is 0.530 e. The molecule has 12 heteroatoms. The van der Waals surface area contributed by atoms with Crippen molar-refractivity contribution in [2.45, 2.75) is 239 Å². The Morgan fingerprint density at radius 3 is 1.44 bits per heavy atom. The average Bonchev–Trinajstić information content (AvgIpc) is 3.32. The maximum absolute atomic E-state index is 14.5. The van der Waals surface area contributed by atoms with E-state index >= 15 is 0 Å². The van der Waals surface area contributed by atoms with Gasteiger partial charge in [-0.1, -0.05) is 229 Å². The third-order valence-electron chi connectivity index (χ3n) is 11.8. The van der Waals surface area contributed by atoms with Gasteiger partial charge in [0.1, 0.15) is 24.1 Å². The molecule has 0 radical (unpaired) electrons. The lowest BCUT2D eigenvalue weighted by molar-refractivity contribution is -0.148. The summed E-state index contributed by atoms with van der Waals surface area (Å²) in [6, 6.07) is 16.3. The summed E-state index contributed by atoms with van der Waals surface area (Å²) in [5.74, 6) is -0.565. The molecular weight excluding hydrogens is 878 g/mol. The van der Waals surface area contributed by atoms with Gasteiger partial charge in [-0.2, -0.15) is 0 Å². The molecule has 2 rings (SSSR count). The topological polar surface area (TPSA) is 128 Å². The second-order valence-electron chi connectivity index (χ2n) is 19.5. The Labute approximate surface area is 414 Å². The Morgan fingerprint density at radius 2 is 0.971 bits per heavy atom. The lowest BCUT2D eigenvalue weighted by Crippen LogP contribution is -2.46. The first-order valence-corrected chi connectivity index (χ1v) is 28.5. The summed E-state index contributed by atoms with van der Waals surface area (Å²) in [6.07, 6.45) is 34.4. The van der Waals surface area contributed by atoms with E-state index in [1.54, 1.807) is 51.1 Å². The molecule has 1 N–H and O–H groups in total. The van der Waals surface area contributed by atoms with Gasteiger partial charge in [0.2, 0.25) is 0 Å². The number of nitrogens with one attached hydrogen (secondary N) is 1. The fourth-order valence-electron chi connectivity index (χ4n) is 7.79. The summed E-state index contributed by atoms with van der Waals surface area (Å²) < 4.78 is 55.7. The number of carbonyl (C=O) groups is 2. The van der Waals surface area contributed by atoms with Gasteiger partial charge >= 0.3 is 19.9 Å². The second-order valence-corrected chi connectivity index (χ2v) is 21.1. The van der Waals surface area contributed by atoms with Crippen LogP contribution in [-0.4, -0.2) is 62.8 Å². The van der Waals surface area contributed by atoms with Crippen molar-refractivity contribution in [1.82, 2.24) is 5.32 Å². The summed E-state index contributed by atoms with van der Waals surface area (Å²) in [7, 11) is -4.44. The minimum absolute atomic E-state index is 0.0431. The van der Waals surface area contributed by atoms with Gasteiger partial charge in [-0.3, -0.25) is 9.05 Å². The lowest BCUT2D eigenvalue weighted by atomic mass is 10.0. The molecule has 0 aliphatic carbocycles. The van der Waals surface area contributed by atoms with Crippen molar-refractivity contribution in [3.8, 4) is 5.75 Å². The molecule has 2 aromatic rings. The van der Waals surface area contributed by atoms with Crippen molar-refractivity contribution in [3.05, 3.63) is 66.2 Å². The lowest BCUT2D eigenvalue weighted by Gasteiger charge is -2.25. The van der Waals surface area contributed by atoms with Crippen LogP contribution in [0.1, 0.15) is 220 Å². The maximum atomic E-state index is 14.5. The van der Waals surface area contributed by atoms with Gasteiger partial charge in [-0.15, -0.1) is 0 Å². The SMILES string of the molecule is CCCCCCCCCCCCCCCCOC[C@H](COP(=O)(OC[C@H](NC(=O)OC(C)(C)C)C(=O)OCc1ccccc1)Oc1ccccc1)OCCCCCCCCCCCCCCCC. The summed E-state index contributed by atoms with van der Waals surface area (Å²) in [6.45, 7) is 10.2. The highest BCUT2D eigenvalue weighted by molar-refractivity contribution is 7.48. The molecule has 0 aliphatic rings. The first-order valence-electron chi connectivity index (χ1n) is 27.1. The molecule has 3 atom stereocenters. The number of alkyl carbamates (subject to hydrolysis) is 1. The van der Waals surface area contributed by atoms with E-state index in [0.717, 1.165) is 37.7 Å². The minimum atomic E-state index is -4.44. The van der Waals surface area contributed by atoms with Crippen LogP contribution in [0.5, 0.6) is 5.75 Å². The predicted molar refractivity (Wildman–Crippen MR) is 277 cm³/mol. The Morgan fingerprint density at radius 1 is 0.544 bits per heavy atom. The Hall–Kier alpha value is -2.95. The van der Waals surface area contributed by atoms with Crippen LogP contribution in [0.4, 0.5) is 4.79 Å². The zero-order valence-corrected chi connectivity index (χ0v) is 44.4. The smallest absolute Gasteiger partial charge is 0.459 e. The number of rotatable bonds is 45. The van der Waals surface area contributed by atoms with Crippen LogP contribution in [0, 0.1) is 0 Å². The predicted octanol–water partition coefficient (Wildman–Crippen LogP) is 16.2. The monoisotopic (exact) mass is 974 g/mol. The molecule has 0 aliphatic heterocycles. The van der Waals surface area contributed by atoms with Crippen LogP contribution in [-0.2, 0) is 44.0 Å². The van der Waals surface area contributed by atoms with Crippen molar-refractivity contribution in [2.75, 3.05) is 33.0 Å². The highest BCUT2D eigenvalue weighted by atomic mass is 31.2. The molecule has 68 heavy (non-hydrogen) atoms. The highest BCUT2D eigenvalue weighted by Crippen LogP contribution is 2.50. The van der Waals surface area contributed by atoms with Gasteiger partial charge in [-0.05, 0) is 51.3 Å². The van der Waals surface area contributed by atoms with Gasteiger partial charge in [0.25, 0.3) is 0 Å². The molecular formula is C56H96NO10P. The Balaban J connectivity index is 1.97. The Bertz CT molecular complexity index is 1520. The van der Waals surface area contributed by atoms with E-state index in [1.165, 1.54) is 148 Å². The summed E-state index contributed by atoms with van der Waals surface area (Å²) in [5, 5.41) is 2.52. The third-order valence-corrected chi connectivity index (χ3v) is 13.1. The third kappa shape index (κ3) is 35.2. The van der Waals surface area contributed by atoms with Gasteiger partial charge in [0.05, 0.1) is 19.8 Å². The van der Waals surface area contributed by atoms with Crippen LogP contribution in [0.3, 0.4) is 0 Å². The molecule has 0 saturated heterocycles. The number of phosphoric ester groups is 1. The number of amides is 1. The number of benzene rings is 2. The molecule has 1 unspecified atom stereocenters. The van der Waals surface area contributed by atoms with Crippen LogP contribution in [0.15, 0.2) is 60.7 Å². The zero-order chi connectivity index (χ0) is 49.2. The van der Waals surface area contributed by atoms with E-state index in [1.807, 2.05) is 30.3 Å². The van der Waals surface area contributed by atoms with E-state index in [-0.39, 0.29) is 25.6 Å². The van der Waals surface area contributed by atoms with Crippen LogP contribution in [0.25, 0.3) is 0 Å². The fourth-order valence-corrected chi connectivity index (χ4v) is 9.03. The van der Waals surface area contributed by atoms with Crippen molar-refractivity contribution >= 4 is 19.9 Å². The van der Waals surface area contributed by atoms with Crippen LogP contribution in [0.2, 0.25) is 0 Å². The second kappa shape index (κ2) is 40.7. The number of esters is 1. The van der Waals surface area contributed by atoms with Gasteiger partial charge in [0, 0.05) is 13.2 Å². The molecule has 0 aromatic heterocycles. The van der Waals surface area contributed by atoms with Crippen LogP contribution >= 0.6 is 7.82 Å². The molecule has 0 spiro atoms. The normalized spacial score (nSPS) is 13.4. The quantitative estimate of drug-likeness (QED) is 0.0389. The van der Waals surface area contributed by atoms with E-state index in [2.05, 4.69) is 19.2 Å². The van der Waals surface area contributed by atoms with Crippen LogP contribution < -0.4 is 9.84 Å². The standard InChI is InChI=1S/C56H96NO10P/c1-6-8-10-12-14-16-18-20-22-24-26-28-30-38-44-61-47-52(62-45-39-31-29-27-25-23-21-19-17-15-13-11-9-7-2)48-64-68(60,67-51-42-36-33-37-43-51)65-49-53(57-55(59)66-56(3,4)5)54(58)63-46-50-40-34-32-35-41-50/h32-37,40-43,52-53H,6-31,38-39,44-49H2,1-5H3,(H,57,59)/t52-,53+,68?/m1/s1. The van der Waals surface area contributed by atoms with Crippen molar-refractivity contribution in [3.63, 3.8) is 0 Å². The van der Waals surface area contributed by atoms with Gasteiger partial charge in [0.15, 0.2) is 6.04 Å².